The summed E-state index contributed by atoms with van der Waals surface area (Å²) in [6, 6.07) is 17.0. The molecule has 0 radical (unpaired) electrons. The zero-order valence-electron chi connectivity index (χ0n) is 16.3. The van der Waals surface area contributed by atoms with Crippen molar-refractivity contribution in [2.75, 3.05) is 0 Å². The van der Waals surface area contributed by atoms with E-state index in [2.05, 4.69) is 81.0 Å². The number of nitrogens with zero attached hydrogens (tertiary/aromatic N) is 1. The molecule has 1 aliphatic heterocycles. The molecule has 0 fully saturated rings. The third-order valence-electron chi connectivity index (χ3n) is 5.29. The zero-order chi connectivity index (χ0) is 19.8. The fourth-order valence-electron chi connectivity index (χ4n) is 3.90. The van der Waals surface area contributed by atoms with E-state index in [4.69, 9.17) is 5.73 Å². The van der Waals surface area contributed by atoms with Crippen molar-refractivity contribution in [1.29, 1.82) is 0 Å². The standard InChI is InChI=1S/C23H24N6/c1-15-10-19-12-17(3-5-21(19)28-15)14-26-22-7-9-27-23(24,29-22)13-16-2-4-20-18(11-16)6-8-25-20/h2-12,25-26,28-29H,13-14,24H2,1H3. The second-order valence-electron chi connectivity index (χ2n) is 7.71. The van der Waals surface area contributed by atoms with Crippen LogP contribution in [0.5, 0.6) is 0 Å². The third-order valence-corrected chi connectivity index (χ3v) is 5.29. The molecule has 5 rings (SSSR count). The Balaban J connectivity index is 1.26. The van der Waals surface area contributed by atoms with Crippen LogP contribution in [0.4, 0.5) is 0 Å². The molecule has 0 saturated carbocycles. The van der Waals surface area contributed by atoms with Gasteiger partial charge in [-0.1, -0.05) is 12.1 Å². The second-order valence-corrected chi connectivity index (χ2v) is 7.71. The van der Waals surface area contributed by atoms with Crippen molar-refractivity contribution in [1.82, 2.24) is 20.6 Å². The highest BCUT2D eigenvalue weighted by molar-refractivity contribution is 5.81. The molecule has 3 heterocycles. The molecule has 4 aromatic rings. The van der Waals surface area contributed by atoms with Crippen molar-refractivity contribution in [2.45, 2.75) is 25.7 Å². The average Bonchev–Trinajstić information content (AvgIpc) is 3.30. The molecule has 1 atom stereocenters. The molecule has 0 aliphatic carbocycles. The van der Waals surface area contributed by atoms with Crippen LogP contribution >= 0.6 is 0 Å². The number of aryl methyl sites for hydroxylation is 1. The van der Waals surface area contributed by atoms with Crippen molar-refractivity contribution >= 4 is 28.0 Å². The number of nitrogens with two attached hydrogens (primary N) is 1. The third kappa shape index (κ3) is 3.62. The highest BCUT2D eigenvalue weighted by Crippen LogP contribution is 2.20. The predicted molar refractivity (Wildman–Crippen MR) is 119 cm³/mol. The minimum Gasteiger partial charge on any atom is -0.368 e. The van der Waals surface area contributed by atoms with Crippen LogP contribution in [0.2, 0.25) is 0 Å². The fraction of sp³-hybridized carbons (Fsp3) is 0.174. The van der Waals surface area contributed by atoms with Gasteiger partial charge in [-0.3, -0.25) is 10.7 Å². The van der Waals surface area contributed by atoms with Gasteiger partial charge < -0.3 is 20.6 Å². The lowest BCUT2D eigenvalue weighted by molar-refractivity contribution is 0.366. The number of nitrogens with one attached hydrogen (secondary N) is 4. The number of H-pyrrole nitrogens is 2. The summed E-state index contributed by atoms with van der Waals surface area (Å²) in [4.78, 5) is 11.1. The van der Waals surface area contributed by atoms with E-state index in [1.54, 1.807) is 6.21 Å². The number of benzene rings is 2. The second kappa shape index (κ2) is 6.83. The smallest absolute Gasteiger partial charge is 0.187 e. The summed E-state index contributed by atoms with van der Waals surface area (Å²) in [5.41, 5.74) is 12.3. The molecule has 0 amide bonds. The lowest BCUT2D eigenvalue weighted by atomic mass is 10.0. The van der Waals surface area contributed by atoms with E-state index >= 15 is 0 Å². The van der Waals surface area contributed by atoms with E-state index in [-0.39, 0.29) is 0 Å². The lowest BCUT2D eigenvalue weighted by Crippen LogP contribution is -2.56. The van der Waals surface area contributed by atoms with E-state index in [1.165, 1.54) is 22.0 Å². The molecule has 6 heteroatoms. The summed E-state index contributed by atoms with van der Waals surface area (Å²) in [7, 11) is 0. The molecular formula is C23H24N6. The van der Waals surface area contributed by atoms with Gasteiger partial charge in [-0.2, -0.15) is 0 Å². The Bertz CT molecular complexity index is 1240. The van der Waals surface area contributed by atoms with E-state index in [1.807, 2.05) is 12.3 Å². The monoisotopic (exact) mass is 384 g/mol. The largest absolute Gasteiger partial charge is 0.368 e. The highest BCUT2D eigenvalue weighted by atomic mass is 15.3. The first-order valence-corrected chi connectivity index (χ1v) is 9.77. The van der Waals surface area contributed by atoms with Crippen LogP contribution in [0.3, 0.4) is 0 Å². The minimum absolute atomic E-state index is 0.595. The van der Waals surface area contributed by atoms with Gasteiger partial charge in [0.1, 0.15) is 5.82 Å². The zero-order valence-corrected chi connectivity index (χ0v) is 16.3. The highest BCUT2D eigenvalue weighted by Gasteiger charge is 2.26. The van der Waals surface area contributed by atoms with Crippen LogP contribution in [0.1, 0.15) is 16.8 Å². The Labute approximate surface area is 168 Å². The topological polar surface area (TPSA) is 94.0 Å². The molecule has 0 bridgehead atoms. The Morgan fingerprint density at radius 1 is 1.00 bits per heavy atom. The maximum Gasteiger partial charge on any atom is 0.187 e. The molecule has 0 saturated heterocycles. The van der Waals surface area contributed by atoms with E-state index in [9.17, 15) is 0 Å². The normalized spacial score (nSPS) is 18.8. The Morgan fingerprint density at radius 2 is 1.83 bits per heavy atom. The van der Waals surface area contributed by atoms with Gasteiger partial charge in [0, 0.05) is 42.1 Å². The number of aromatic nitrogens is 2. The molecule has 6 nitrogen and oxygen atoms in total. The van der Waals surface area contributed by atoms with Crippen LogP contribution in [0.15, 0.2) is 71.6 Å². The van der Waals surface area contributed by atoms with E-state index < -0.39 is 5.79 Å². The molecular weight excluding hydrogens is 360 g/mol. The van der Waals surface area contributed by atoms with Gasteiger partial charge in [-0.05, 0) is 71.3 Å². The van der Waals surface area contributed by atoms with Crippen molar-refractivity contribution in [3.8, 4) is 0 Å². The predicted octanol–water partition coefficient (Wildman–Crippen LogP) is 3.42. The molecule has 1 aliphatic rings. The summed E-state index contributed by atoms with van der Waals surface area (Å²) in [6.45, 7) is 2.78. The molecule has 146 valence electrons. The number of rotatable bonds is 5. The van der Waals surface area contributed by atoms with Crippen molar-refractivity contribution in [3.63, 3.8) is 0 Å². The summed E-state index contributed by atoms with van der Waals surface area (Å²) < 4.78 is 0. The average molecular weight is 384 g/mol. The first kappa shape index (κ1) is 17.6. The first-order chi connectivity index (χ1) is 14.1. The number of allylic oxidation sites excluding steroid dienone is 1. The first-order valence-electron chi connectivity index (χ1n) is 9.77. The Hall–Kier alpha value is -3.51. The van der Waals surface area contributed by atoms with E-state index in [0.717, 1.165) is 22.4 Å². The molecule has 29 heavy (non-hydrogen) atoms. The van der Waals surface area contributed by atoms with Crippen LogP contribution < -0.4 is 16.4 Å². The lowest BCUT2D eigenvalue weighted by Gasteiger charge is -2.31. The Kier molecular flexibility index (Phi) is 4.14. The number of hydrogen-bond acceptors (Lipinski definition) is 4. The van der Waals surface area contributed by atoms with Crippen molar-refractivity contribution in [2.24, 2.45) is 10.7 Å². The van der Waals surface area contributed by atoms with Gasteiger partial charge in [0.15, 0.2) is 5.79 Å². The quantitative estimate of drug-likeness (QED) is 0.365. The molecule has 2 aromatic carbocycles. The van der Waals surface area contributed by atoms with Gasteiger partial charge in [0.25, 0.3) is 0 Å². The minimum atomic E-state index is -0.872. The Morgan fingerprint density at radius 3 is 2.76 bits per heavy atom. The van der Waals surface area contributed by atoms with Crippen molar-refractivity contribution < 1.29 is 0 Å². The van der Waals surface area contributed by atoms with Gasteiger partial charge >= 0.3 is 0 Å². The molecule has 1 unspecified atom stereocenters. The molecule has 0 spiro atoms. The van der Waals surface area contributed by atoms with Gasteiger partial charge in [0.2, 0.25) is 0 Å². The van der Waals surface area contributed by atoms with Crippen LogP contribution in [0, 0.1) is 6.92 Å². The van der Waals surface area contributed by atoms with Crippen LogP contribution in [-0.4, -0.2) is 22.0 Å². The van der Waals surface area contributed by atoms with Crippen LogP contribution in [-0.2, 0) is 13.0 Å². The number of fused-ring (bicyclic) bond motifs is 2. The summed E-state index contributed by atoms with van der Waals surface area (Å²) >= 11 is 0. The van der Waals surface area contributed by atoms with Crippen molar-refractivity contribution in [3.05, 3.63) is 83.4 Å². The summed E-state index contributed by atoms with van der Waals surface area (Å²) in [5, 5.41) is 9.19. The van der Waals surface area contributed by atoms with Gasteiger partial charge in [0.05, 0.1) is 0 Å². The number of hydrogen-bond donors (Lipinski definition) is 5. The SMILES string of the molecule is Cc1cc2cc(CNC3=CC=NC(N)(Cc4ccc5[nH]ccc5c4)N3)ccc2[nH]1. The fourth-order valence-corrected chi connectivity index (χ4v) is 3.90. The summed E-state index contributed by atoms with van der Waals surface area (Å²) in [6.07, 6.45) is 6.23. The molecule has 6 N–H and O–H groups in total. The summed E-state index contributed by atoms with van der Waals surface area (Å²) in [5.74, 6) is -0.00135. The number of aromatic amines is 2. The van der Waals surface area contributed by atoms with Crippen LogP contribution in [0.25, 0.3) is 21.8 Å². The number of aliphatic imine (C=N–C) groups is 1. The van der Waals surface area contributed by atoms with Gasteiger partial charge in [-0.25, -0.2) is 0 Å². The van der Waals surface area contributed by atoms with E-state index in [0.29, 0.717) is 13.0 Å². The maximum absolute atomic E-state index is 6.55. The van der Waals surface area contributed by atoms with Gasteiger partial charge in [-0.15, -0.1) is 0 Å². The molecule has 2 aromatic heterocycles. The maximum atomic E-state index is 6.55.